The molecule has 4 rings (SSSR count). The molecule has 1 N–H and O–H groups in total. The first kappa shape index (κ1) is 15.0. The molecule has 7 nitrogen and oxygen atoms in total. The van der Waals surface area contributed by atoms with Gasteiger partial charge >= 0.3 is 5.97 Å². The normalized spacial score (nSPS) is 33.2. The van der Waals surface area contributed by atoms with Crippen LogP contribution in [-0.4, -0.2) is 48.3 Å². The molecular formula is C17H15NO6. The molecule has 24 heavy (non-hydrogen) atoms. The van der Waals surface area contributed by atoms with Gasteiger partial charge in [0.15, 0.2) is 0 Å². The summed E-state index contributed by atoms with van der Waals surface area (Å²) in [5, 5.41) is 9.67. The van der Waals surface area contributed by atoms with E-state index in [1.54, 1.807) is 12.2 Å². The second-order valence-electron chi connectivity index (χ2n) is 6.11. The number of rotatable bonds is 3. The number of esters is 1. The van der Waals surface area contributed by atoms with Crippen molar-refractivity contribution < 1.29 is 29.0 Å². The zero-order valence-electron chi connectivity index (χ0n) is 12.8. The minimum absolute atomic E-state index is 0.331. The van der Waals surface area contributed by atoms with Crippen LogP contribution in [0.25, 0.3) is 0 Å². The van der Waals surface area contributed by atoms with E-state index in [9.17, 15) is 19.5 Å². The Morgan fingerprint density at radius 3 is 2.62 bits per heavy atom. The average Bonchev–Trinajstić information content (AvgIpc) is 3.25. The molecule has 3 aliphatic rings. The minimum Gasteiger partial charge on any atom is -0.465 e. The average molecular weight is 329 g/mol. The fourth-order valence-corrected chi connectivity index (χ4v) is 3.80. The molecular weight excluding hydrogens is 314 g/mol. The molecule has 7 heteroatoms. The Morgan fingerprint density at radius 1 is 1.29 bits per heavy atom. The number of nitrogens with zero attached hydrogens (tertiary/aromatic N) is 1. The summed E-state index contributed by atoms with van der Waals surface area (Å²) in [5.74, 6) is -2.56. The lowest BCUT2D eigenvalue weighted by molar-refractivity contribution is -0.128. The van der Waals surface area contributed by atoms with Crippen LogP contribution in [0.3, 0.4) is 0 Å². The first-order chi connectivity index (χ1) is 11.5. The van der Waals surface area contributed by atoms with Gasteiger partial charge in [-0.25, -0.2) is 9.69 Å². The summed E-state index contributed by atoms with van der Waals surface area (Å²) in [6, 6.07) is 6.07. The highest BCUT2D eigenvalue weighted by atomic mass is 16.5. The minimum atomic E-state index is -1.11. The Labute approximate surface area is 137 Å². The number of carbonyl (C=O) groups is 3. The first-order valence-electron chi connectivity index (χ1n) is 7.56. The molecule has 4 atom stereocenters. The van der Waals surface area contributed by atoms with Gasteiger partial charge in [0.1, 0.15) is 5.60 Å². The molecule has 3 aliphatic heterocycles. The second kappa shape index (κ2) is 4.99. The van der Waals surface area contributed by atoms with Gasteiger partial charge in [-0.05, 0) is 24.3 Å². The van der Waals surface area contributed by atoms with Crippen LogP contribution in [0.1, 0.15) is 10.4 Å². The highest BCUT2D eigenvalue weighted by molar-refractivity contribution is 6.23. The van der Waals surface area contributed by atoms with E-state index >= 15 is 0 Å². The van der Waals surface area contributed by atoms with Gasteiger partial charge in [0.05, 0.1) is 42.9 Å². The van der Waals surface area contributed by atoms with Crippen LogP contribution in [0.15, 0.2) is 36.4 Å². The molecule has 0 radical (unpaired) electrons. The van der Waals surface area contributed by atoms with Gasteiger partial charge in [-0.1, -0.05) is 12.2 Å². The van der Waals surface area contributed by atoms with E-state index in [1.165, 1.54) is 31.4 Å². The number of benzene rings is 1. The fourth-order valence-electron chi connectivity index (χ4n) is 3.80. The monoisotopic (exact) mass is 329 g/mol. The van der Waals surface area contributed by atoms with E-state index < -0.39 is 35.4 Å². The molecule has 1 aromatic carbocycles. The Bertz CT molecular complexity index is 770. The van der Waals surface area contributed by atoms with Crippen LogP contribution in [0.4, 0.5) is 5.69 Å². The van der Waals surface area contributed by atoms with Crippen LogP contribution in [-0.2, 0) is 19.1 Å². The largest absolute Gasteiger partial charge is 0.465 e. The molecule has 124 valence electrons. The van der Waals surface area contributed by atoms with Crippen LogP contribution in [0.5, 0.6) is 0 Å². The lowest BCUT2D eigenvalue weighted by Gasteiger charge is -2.26. The zero-order valence-corrected chi connectivity index (χ0v) is 12.8. The van der Waals surface area contributed by atoms with Crippen molar-refractivity contribution >= 4 is 23.5 Å². The number of amides is 2. The van der Waals surface area contributed by atoms with Crippen LogP contribution in [0.2, 0.25) is 0 Å². The predicted molar refractivity (Wildman–Crippen MR) is 81.1 cm³/mol. The Kier molecular flexibility index (Phi) is 3.13. The molecule has 2 bridgehead atoms. The number of carbonyl (C=O) groups excluding carboxylic acids is 3. The molecule has 0 aliphatic carbocycles. The standard InChI is InChI=1S/C17H15NO6/c1-23-16(22)9-2-4-10(5-3-9)18-14(20)12-11-6-7-17(8-19,24-11)13(12)15(18)21/h2-7,11-13,19H,8H2,1H3/t11-,12+,13+,17+/m1/s1. The summed E-state index contributed by atoms with van der Waals surface area (Å²) in [6.45, 7) is -0.352. The number of hydrogen-bond acceptors (Lipinski definition) is 6. The Balaban J connectivity index is 1.68. The number of aliphatic hydroxyl groups excluding tert-OH is 1. The van der Waals surface area contributed by atoms with Gasteiger partial charge in [-0.3, -0.25) is 9.59 Å². The van der Waals surface area contributed by atoms with Crippen LogP contribution >= 0.6 is 0 Å². The van der Waals surface area contributed by atoms with E-state index in [0.29, 0.717) is 11.3 Å². The van der Waals surface area contributed by atoms with Crippen molar-refractivity contribution in [3.8, 4) is 0 Å². The number of imide groups is 1. The van der Waals surface area contributed by atoms with Crippen molar-refractivity contribution in [3.63, 3.8) is 0 Å². The molecule has 0 spiro atoms. The highest BCUT2D eigenvalue weighted by Gasteiger charge is 2.67. The molecule has 0 unspecified atom stereocenters. The lowest BCUT2D eigenvalue weighted by Crippen LogP contribution is -2.43. The Hall–Kier alpha value is -2.51. The van der Waals surface area contributed by atoms with Crippen molar-refractivity contribution in [2.45, 2.75) is 11.7 Å². The lowest BCUT2D eigenvalue weighted by atomic mass is 9.77. The van der Waals surface area contributed by atoms with Crippen molar-refractivity contribution in [3.05, 3.63) is 42.0 Å². The molecule has 2 amide bonds. The van der Waals surface area contributed by atoms with Gasteiger partial charge < -0.3 is 14.6 Å². The third-order valence-corrected chi connectivity index (χ3v) is 4.95. The maximum Gasteiger partial charge on any atom is 0.337 e. The quantitative estimate of drug-likeness (QED) is 0.486. The summed E-state index contributed by atoms with van der Waals surface area (Å²) in [6.07, 6.45) is 2.92. The number of hydrogen-bond donors (Lipinski definition) is 1. The molecule has 2 saturated heterocycles. The van der Waals surface area contributed by atoms with Crippen LogP contribution in [0, 0.1) is 11.8 Å². The maximum absolute atomic E-state index is 12.8. The Morgan fingerprint density at radius 2 is 2.00 bits per heavy atom. The van der Waals surface area contributed by atoms with Gasteiger partial charge in [0.25, 0.3) is 0 Å². The summed E-state index contributed by atoms with van der Waals surface area (Å²) < 4.78 is 10.3. The summed E-state index contributed by atoms with van der Waals surface area (Å²) >= 11 is 0. The van der Waals surface area contributed by atoms with Crippen molar-refractivity contribution in [1.82, 2.24) is 0 Å². The molecule has 0 aromatic heterocycles. The van der Waals surface area contributed by atoms with Crippen molar-refractivity contribution in [1.29, 1.82) is 0 Å². The van der Waals surface area contributed by atoms with Crippen molar-refractivity contribution in [2.24, 2.45) is 11.8 Å². The molecule has 2 fully saturated rings. The van der Waals surface area contributed by atoms with Crippen molar-refractivity contribution in [2.75, 3.05) is 18.6 Å². The summed E-state index contributed by atoms with van der Waals surface area (Å²) in [7, 11) is 1.28. The maximum atomic E-state index is 12.8. The first-order valence-corrected chi connectivity index (χ1v) is 7.56. The van der Waals surface area contributed by atoms with Gasteiger partial charge in [-0.2, -0.15) is 0 Å². The fraction of sp³-hybridized carbons (Fsp3) is 0.353. The molecule has 1 aromatic rings. The molecule has 0 saturated carbocycles. The summed E-state index contributed by atoms with van der Waals surface area (Å²) in [4.78, 5) is 38.2. The molecule has 3 heterocycles. The third kappa shape index (κ3) is 1.76. The zero-order chi connectivity index (χ0) is 17.1. The van der Waals surface area contributed by atoms with E-state index in [0.717, 1.165) is 4.90 Å². The van der Waals surface area contributed by atoms with Gasteiger partial charge in [-0.15, -0.1) is 0 Å². The van der Waals surface area contributed by atoms with E-state index in [-0.39, 0.29) is 12.5 Å². The topological polar surface area (TPSA) is 93.1 Å². The van der Waals surface area contributed by atoms with Crippen LogP contribution < -0.4 is 4.90 Å². The SMILES string of the molecule is COC(=O)c1ccc(N2C(=O)[C@@H]3[C@@H](C2=O)[C@@]2(CO)C=C[C@H]3O2)cc1. The number of methoxy groups -OCH3 is 1. The van der Waals surface area contributed by atoms with E-state index in [4.69, 9.17) is 4.74 Å². The van der Waals surface area contributed by atoms with Gasteiger partial charge in [0.2, 0.25) is 11.8 Å². The van der Waals surface area contributed by atoms with Gasteiger partial charge in [0, 0.05) is 0 Å². The van der Waals surface area contributed by atoms with E-state index in [2.05, 4.69) is 4.74 Å². The van der Waals surface area contributed by atoms with E-state index in [1.807, 2.05) is 0 Å². The number of ether oxygens (including phenoxy) is 2. The predicted octanol–water partition coefficient (Wildman–Crippen LogP) is 0.278. The number of anilines is 1. The number of aliphatic hydroxyl groups is 1. The smallest absolute Gasteiger partial charge is 0.337 e. The second-order valence-corrected chi connectivity index (χ2v) is 6.11. The summed E-state index contributed by atoms with van der Waals surface area (Å²) in [5.41, 5.74) is -0.389. The third-order valence-electron chi connectivity index (χ3n) is 4.95. The number of fused-ring (bicyclic) bond motifs is 5. The highest BCUT2D eigenvalue weighted by Crippen LogP contribution is 2.52.